The van der Waals surface area contributed by atoms with E-state index in [-0.39, 0.29) is 12.7 Å². The van der Waals surface area contributed by atoms with Crippen LogP contribution in [0.1, 0.15) is 46.7 Å². The van der Waals surface area contributed by atoms with E-state index in [1.54, 1.807) is 11.3 Å². The maximum Gasteiger partial charge on any atom is 0.257 e. The summed E-state index contributed by atoms with van der Waals surface area (Å²) in [5.74, 6) is 1.59. The summed E-state index contributed by atoms with van der Waals surface area (Å²) < 4.78 is 10.9. The molecule has 1 amide bonds. The van der Waals surface area contributed by atoms with Crippen molar-refractivity contribution in [2.24, 2.45) is 0 Å². The van der Waals surface area contributed by atoms with E-state index in [1.165, 1.54) is 0 Å². The number of hydrogen-bond donors (Lipinski definition) is 0. The smallest absolute Gasteiger partial charge is 0.257 e. The molecule has 1 atom stereocenters. The van der Waals surface area contributed by atoms with Crippen LogP contribution in [0.2, 0.25) is 0 Å². The number of ether oxygens (including phenoxy) is 2. The summed E-state index contributed by atoms with van der Waals surface area (Å²) in [6.07, 6.45) is 3.05. The molecule has 1 unspecified atom stereocenters. The molecule has 0 saturated carbocycles. The van der Waals surface area contributed by atoms with Gasteiger partial charge < -0.3 is 14.4 Å². The summed E-state index contributed by atoms with van der Waals surface area (Å²) in [4.78, 5) is 19.6. The highest BCUT2D eigenvalue weighted by atomic mass is 32.1. The Morgan fingerprint density at radius 2 is 2.33 bits per heavy atom. The fourth-order valence-electron chi connectivity index (χ4n) is 3.30. The number of aryl methyl sites for hydroxylation is 1. The van der Waals surface area contributed by atoms with Crippen LogP contribution in [0.3, 0.4) is 0 Å². The number of nitrogens with zero attached hydrogens (tertiary/aromatic N) is 2. The van der Waals surface area contributed by atoms with Gasteiger partial charge in [0.15, 0.2) is 11.5 Å². The fraction of sp³-hybridized carbons (Fsp3) is 0.444. The third-order valence-electron chi connectivity index (χ3n) is 4.62. The van der Waals surface area contributed by atoms with Gasteiger partial charge in [0.05, 0.1) is 16.3 Å². The van der Waals surface area contributed by atoms with Crippen LogP contribution < -0.4 is 9.47 Å². The van der Waals surface area contributed by atoms with Crippen LogP contribution in [-0.4, -0.2) is 35.7 Å². The summed E-state index contributed by atoms with van der Waals surface area (Å²) >= 11 is 1.72. The Kier molecular flexibility index (Phi) is 4.14. The molecule has 0 N–H and O–H groups in total. The number of thiazole rings is 1. The van der Waals surface area contributed by atoms with Gasteiger partial charge >= 0.3 is 0 Å². The molecule has 4 rings (SSSR count). The predicted molar refractivity (Wildman–Crippen MR) is 91.9 cm³/mol. The standard InChI is InChI=1S/C18H20N2O3S/c1-2-13-10-24-17(19-13)12-5-4-8-20(9-12)18(21)14-6-3-7-15-16(14)23-11-22-15/h3,6-7,10,12H,2,4-5,8-9,11H2,1H3. The van der Waals surface area contributed by atoms with Crippen LogP contribution in [-0.2, 0) is 6.42 Å². The van der Waals surface area contributed by atoms with Crippen LogP contribution in [0.4, 0.5) is 0 Å². The van der Waals surface area contributed by atoms with Crippen LogP contribution in [0.15, 0.2) is 23.6 Å². The van der Waals surface area contributed by atoms with E-state index in [0.717, 1.165) is 43.1 Å². The Bertz CT molecular complexity index is 758. The van der Waals surface area contributed by atoms with Crippen molar-refractivity contribution < 1.29 is 14.3 Å². The Balaban J connectivity index is 1.54. The van der Waals surface area contributed by atoms with Gasteiger partial charge in [-0.1, -0.05) is 13.0 Å². The Labute approximate surface area is 145 Å². The number of aromatic nitrogens is 1. The topological polar surface area (TPSA) is 51.7 Å². The molecule has 24 heavy (non-hydrogen) atoms. The molecule has 1 fully saturated rings. The van der Waals surface area contributed by atoms with E-state index in [4.69, 9.17) is 14.5 Å². The number of fused-ring (bicyclic) bond motifs is 1. The molecule has 0 radical (unpaired) electrons. The first kappa shape index (κ1) is 15.4. The Hall–Kier alpha value is -2.08. The van der Waals surface area contributed by atoms with Crippen molar-refractivity contribution in [2.45, 2.75) is 32.1 Å². The molecule has 1 aromatic carbocycles. The lowest BCUT2D eigenvalue weighted by Crippen LogP contribution is -2.39. The molecule has 1 saturated heterocycles. The Morgan fingerprint density at radius 3 is 3.17 bits per heavy atom. The summed E-state index contributed by atoms with van der Waals surface area (Å²) in [6, 6.07) is 5.49. The third kappa shape index (κ3) is 2.75. The first-order valence-corrected chi connectivity index (χ1v) is 9.26. The van der Waals surface area contributed by atoms with Crippen molar-refractivity contribution in [1.82, 2.24) is 9.88 Å². The van der Waals surface area contributed by atoms with Gasteiger partial charge in [-0.15, -0.1) is 11.3 Å². The highest BCUT2D eigenvalue weighted by Crippen LogP contribution is 2.37. The van der Waals surface area contributed by atoms with Gasteiger partial charge in [0, 0.05) is 24.4 Å². The summed E-state index contributed by atoms with van der Waals surface area (Å²) in [5.41, 5.74) is 1.74. The average molecular weight is 344 g/mol. The highest BCUT2D eigenvalue weighted by Gasteiger charge is 2.30. The van der Waals surface area contributed by atoms with Crippen LogP contribution in [0, 0.1) is 0 Å². The van der Waals surface area contributed by atoms with Crippen molar-refractivity contribution in [3.05, 3.63) is 39.8 Å². The van der Waals surface area contributed by atoms with E-state index in [0.29, 0.717) is 23.0 Å². The van der Waals surface area contributed by atoms with E-state index in [9.17, 15) is 4.79 Å². The summed E-state index contributed by atoms with van der Waals surface area (Å²) in [7, 11) is 0. The second-order valence-electron chi connectivity index (χ2n) is 6.16. The van der Waals surface area contributed by atoms with Gasteiger partial charge in [-0.25, -0.2) is 4.98 Å². The molecule has 6 heteroatoms. The third-order valence-corrected chi connectivity index (χ3v) is 5.67. The number of para-hydroxylation sites is 1. The number of rotatable bonds is 3. The number of piperidine rings is 1. The molecule has 0 aliphatic carbocycles. The largest absolute Gasteiger partial charge is 0.454 e. The fourth-order valence-corrected chi connectivity index (χ4v) is 4.34. The van der Waals surface area contributed by atoms with Crippen molar-refractivity contribution in [3.63, 3.8) is 0 Å². The van der Waals surface area contributed by atoms with E-state index in [1.807, 2.05) is 23.1 Å². The van der Waals surface area contributed by atoms with Crippen LogP contribution >= 0.6 is 11.3 Å². The zero-order valence-corrected chi connectivity index (χ0v) is 14.5. The minimum Gasteiger partial charge on any atom is -0.454 e. The zero-order valence-electron chi connectivity index (χ0n) is 13.7. The first-order valence-electron chi connectivity index (χ1n) is 8.38. The molecular weight excluding hydrogens is 324 g/mol. The average Bonchev–Trinajstić information content (AvgIpc) is 3.30. The number of likely N-dealkylation sites (tertiary alicyclic amines) is 1. The molecule has 0 spiro atoms. The van der Waals surface area contributed by atoms with Gasteiger partial charge in [0.1, 0.15) is 0 Å². The lowest BCUT2D eigenvalue weighted by Gasteiger charge is -2.32. The summed E-state index contributed by atoms with van der Waals surface area (Å²) in [5, 5.41) is 3.29. The Morgan fingerprint density at radius 1 is 1.42 bits per heavy atom. The molecular formula is C18H20N2O3S. The minimum atomic E-state index is 0.0225. The van der Waals surface area contributed by atoms with E-state index in [2.05, 4.69) is 12.3 Å². The van der Waals surface area contributed by atoms with Gasteiger partial charge in [0.25, 0.3) is 5.91 Å². The molecule has 2 aliphatic heterocycles. The second-order valence-corrected chi connectivity index (χ2v) is 7.05. The molecule has 2 aromatic rings. The number of carbonyl (C=O) groups excluding carboxylic acids is 1. The molecule has 126 valence electrons. The van der Waals surface area contributed by atoms with E-state index >= 15 is 0 Å². The van der Waals surface area contributed by atoms with Crippen LogP contribution in [0.25, 0.3) is 0 Å². The normalized spacial score (nSPS) is 19.5. The van der Waals surface area contributed by atoms with Crippen molar-refractivity contribution in [1.29, 1.82) is 0 Å². The number of carbonyl (C=O) groups is 1. The zero-order chi connectivity index (χ0) is 16.5. The number of benzene rings is 1. The van der Waals surface area contributed by atoms with Gasteiger partial charge in [-0.3, -0.25) is 4.79 Å². The van der Waals surface area contributed by atoms with Crippen molar-refractivity contribution >= 4 is 17.2 Å². The van der Waals surface area contributed by atoms with Crippen molar-refractivity contribution in [2.75, 3.05) is 19.9 Å². The van der Waals surface area contributed by atoms with Crippen LogP contribution in [0.5, 0.6) is 11.5 Å². The summed E-state index contributed by atoms with van der Waals surface area (Å²) in [6.45, 7) is 3.81. The van der Waals surface area contributed by atoms with E-state index < -0.39 is 0 Å². The predicted octanol–water partition coefficient (Wildman–Crippen LogP) is 3.45. The lowest BCUT2D eigenvalue weighted by molar-refractivity contribution is 0.0702. The maximum absolute atomic E-state index is 13.0. The SMILES string of the molecule is CCc1csc(C2CCCN(C(=O)c3cccc4c3OCO4)C2)n1. The van der Waals surface area contributed by atoms with Crippen molar-refractivity contribution in [3.8, 4) is 11.5 Å². The number of hydrogen-bond acceptors (Lipinski definition) is 5. The monoisotopic (exact) mass is 344 g/mol. The molecule has 3 heterocycles. The quantitative estimate of drug-likeness (QED) is 0.856. The number of amides is 1. The molecule has 5 nitrogen and oxygen atoms in total. The molecule has 2 aliphatic rings. The van der Waals surface area contributed by atoms with Gasteiger partial charge in [-0.05, 0) is 31.4 Å². The lowest BCUT2D eigenvalue weighted by atomic mass is 9.98. The highest BCUT2D eigenvalue weighted by molar-refractivity contribution is 7.09. The van der Waals surface area contributed by atoms with Gasteiger partial charge in [-0.2, -0.15) is 0 Å². The van der Waals surface area contributed by atoms with Gasteiger partial charge in [0.2, 0.25) is 6.79 Å². The molecule has 0 bridgehead atoms. The maximum atomic E-state index is 13.0. The molecule has 1 aromatic heterocycles. The second kappa shape index (κ2) is 6.43. The first-order chi connectivity index (χ1) is 11.8. The minimum absolute atomic E-state index is 0.0225.